The second-order valence-corrected chi connectivity index (χ2v) is 7.64. The van der Waals surface area contributed by atoms with Gasteiger partial charge in [0.05, 0.1) is 18.5 Å². The van der Waals surface area contributed by atoms with Crippen molar-refractivity contribution in [2.75, 3.05) is 53.9 Å². The minimum Gasteiger partial charge on any atom is -0.359 e. The molecule has 1 rings (SSSR count). The molecule has 0 saturated carbocycles. The van der Waals surface area contributed by atoms with Gasteiger partial charge in [-0.2, -0.15) is 0 Å². The van der Waals surface area contributed by atoms with Crippen LogP contribution in [0.15, 0.2) is 4.99 Å². The summed E-state index contributed by atoms with van der Waals surface area (Å²) < 4.78 is 0. The third kappa shape index (κ3) is 7.19. The highest BCUT2D eigenvalue weighted by Gasteiger charge is 2.27. The number of carbonyl (C=O) groups is 2. The molecule has 1 aliphatic rings. The molecule has 2 amide bonds. The number of rotatable bonds is 7. The van der Waals surface area contributed by atoms with Crippen LogP contribution in [0.25, 0.3) is 0 Å². The number of piperidine rings is 1. The Bertz CT molecular complexity index is 496. The van der Waals surface area contributed by atoms with Crippen LogP contribution in [-0.2, 0) is 9.59 Å². The third-order valence-corrected chi connectivity index (χ3v) is 4.60. The first-order valence-electron chi connectivity index (χ1n) is 9.39. The lowest BCUT2D eigenvalue weighted by Crippen LogP contribution is -2.50. The van der Waals surface area contributed by atoms with E-state index < -0.39 is 5.41 Å². The van der Waals surface area contributed by atoms with Crippen LogP contribution >= 0.6 is 0 Å². The second-order valence-electron chi connectivity index (χ2n) is 7.64. The van der Waals surface area contributed by atoms with Crippen LogP contribution in [0.4, 0.5) is 0 Å². The molecule has 0 aromatic carbocycles. The van der Waals surface area contributed by atoms with Crippen LogP contribution < -0.4 is 16.0 Å². The lowest BCUT2D eigenvalue weighted by molar-refractivity contribution is -0.130. The molecule has 1 heterocycles. The van der Waals surface area contributed by atoms with Gasteiger partial charge < -0.3 is 20.9 Å². The summed E-state index contributed by atoms with van der Waals surface area (Å²) in [6.07, 6.45) is 1.92. The van der Waals surface area contributed by atoms with Gasteiger partial charge >= 0.3 is 0 Å². The summed E-state index contributed by atoms with van der Waals surface area (Å²) >= 11 is 0. The number of hydrogen-bond donors (Lipinski definition) is 3. The minimum atomic E-state index is -0.549. The number of amides is 2. The highest BCUT2D eigenvalue weighted by Crippen LogP contribution is 2.15. The zero-order valence-corrected chi connectivity index (χ0v) is 17.2. The SMILES string of the molecule is CCNC(=NCC(C)(C)C(=O)NC)NC1CCN(CC(=O)N(C)C)CC1. The van der Waals surface area contributed by atoms with Gasteiger partial charge in [0.15, 0.2) is 5.96 Å². The van der Waals surface area contributed by atoms with Gasteiger partial charge in [0, 0.05) is 46.8 Å². The molecule has 1 saturated heterocycles. The van der Waals surface area contributed by atoms with Crippen molar-refractivity contribution in [3.8, 4) is 0 Å². The average molecular weight is 369 g/mol. The lowest BCUT2D eigenvalue weighted by Gasteiger charge is -2.33. The van der Waals surface area contributed by atoms with Crippen LogP contribution in [0.2, 0.25) is 0 Å². The van der Waals surface area contributed by atoms with Crippen molar-refractivity contribution in [2.24, 2.45) is 10.4 Å². The maximum atomic E-state index is 11.9. The zero-order valence-electron chi connectivity index (χ0n) is 17.2. The number of likely N-dealkylation sites (tertiary alicyclic amines) is 1. The highest BCUT2D eigenvalue weighted by molar-refractivity contribution is 5.83. The van der Waals surface area contributed by atoms with Crippen molar-refractivity contribution in [1.29, 1.82) is 0 Å². The molecule has 0 spiro atoms. The van der Waals surface area contributed by atoms with Gasteiger partial charge in [-0.25, -0.2) is 0 Å². The van der Waals surface area contributed by atoms with Crippen LogP contribution in [0.3, 0.4) is 0 Å². The Kier molecular flexibility index (Phi) is 8.84. The number of aliphatic imine (C=N–C) groups is 1. The maximum absolute atomic E-state index is 11.9. The van der Waals surface area contributed by atoms with E-state index in [1.165, 1.54) is 0 Å². The van der Waals surface area contributed by atoms with Gasteiger partial charge in [0.2, 0.25) is 11.8 Å². The van der Waals surface area contributed by atoms with Gasteiger partial charge in [-0.05, 0) is 33.6 Å². The second kappa shape index (κ2) is 10.4. The number of nitrogens with zero attached hydrogens (tertiary/aromatic N) is 3. The fraction of sp³-hybridized carbons (Fsp3) is 0.833. The fourth-order valence-electron chi connectivity index (χ4n) is 2.77. The molecule has 1 fully saturated rings. The molecule has 0 unspecified atom stereocenters. The summed E-state index contributed by atoms with van der Waals surface area (Å²) in [6, 6.07) is 0.321. The number of likely N-dealkylation sites (N-methyl/N-ethyl adjacent to an activating group) is 1. The number of nitrogens with one attached hydrogen (secondary N) is 3. The Labute approximate surface area is 157 Å². The van der Waals surface area contributed by atoms with E-state index in [0.717, 1.165) is 38.4 Å². The molecular weight excluding hydrogens is 332 g/mol. The van der Waals surface area contributed by atoms with E-state index in [9.17, 15) is 9.59 Å². The number of carbonyl (C=O) groups excluding carboxylic acids is 2. The van der Waals surface area contributed by atoms with Gasteiger partial charge in [-0.1, -0.05) is 0 Å². The Morgan fingerprint density at radius 3 is 2.35 bits per heavy atom. The Morgan fingerprint density at radius 1 is 1.23 bits per heavy atom. The van der Waals surface area contributed by atoms with Crippen LogP contribution in [-0.4, -0.2) is 87.5 Å². The fourth-order valence-corrected chi connectivity index (χ4v) is 2.77. The quantitative estimate of drug-likeness (QED) is 0.430. The minimum absolute atomic E-state index is 0.0176. The monoisotopic (exact) mass is 368 g/mol. The highest BCUT2D eigenvalue weighted by atomic mass is 16.2. The normalized spacial score (nSPS) is 16.9. The zero-order chi connectivity index (χ0) is 19.7. The molecule has 26 heavy (non-hydrogen) atoms. The third-order valence-electron chi connectivity index (χ3n) is 4.60. The molecule has 0 radical (unpaired) electrons. The van der Waals surface area contributed by atoms with E-state index in [4.69, 9.17) is 0 Å². The van der Waals surface area contributed by atoms with Crippen LogP contribution in [0.5, 0.6) is 0 Å². The van der Waals surface area contributed by atoms with Gasteiger partial charge in [-0.15, -0.1) is 0 Å². The van der Waals surface area contributed by atoms with Gasteiger partial charge in [0.25, 0.3) is 0 Å². The molecule has 0 aromatic heterocycles. The first-order chi connectivity index (χ1) is 12.2. The lowest BCUT2D eigenvalue weighted by atomic mass is 9.93. The first kappa shape index (κ1) is 22.2. The molecule has 0 atom stereocenters. The van der Waals surface area contributed by atoms with E-state index in [0.29, 0.717) is 19.1 Å². The molecule has 150 valence electrons. The van der Waals surface area contributed by atoms with E-state index in [1.54, 1.807) is 26.0 Å². The molecule has 0 aliphatic carbocycles. The molecule has 0 bridgehead atoms. The summed E-state index contributed by atoms with van der Waals surface area (Å²) in [5.74, 6) is 0.867. The molecule has 8 nitrogen and oxygen atoms in total. The van der Waals surface area contributed by atoms with Crippen molar-refractivity contribution in [3.05, 3.63) is 0 Å². The molecular formula is C18H36N6O2. The molecule has 1 aliphatic heterocycles. The number of hydrogen-bond acceptors (Lipinski definition) is 4. The summed E-state index contributed by atoms with van der Waals surface area (Å²) in [7, 11) is 5.22. The Balaban J connectivity index is 2.55. The van der Waals surface area contributed by atoms with Gasteiger partial charge in [0.1, 0.15) is 0 Å². The van der Waals surface area contributed by atoms with Crippen LogP contribution in [0, 0.1) is 5.41 Å². The van der Waals surface area contributed by atoms with E-state index in [1.807, 2.05) is 20.8 Å². The predicted octanol–water partition coefficient (Wildman–Crippen LogP) is -0.134. The van der Waals surface area contributed by atoms with E-state index in [2.05, 4.69) is 25.8 Å². The number of guanidine groups is 1. The predicted molar refractivity (Wildman–Crippen MR) is 105 cm³/mol. The maximum Gasteiger partial charge on any atom is 0.236 e. The smallest absolute Gasteiger partial charge is 0.236 e. The summed E-state index contributed by atoms with van der Waals surface area (Å²) in [5.41, 5.74) is -0.549. The average Bonchev–Trinajstić information content (AvgIpc) is 2.60. The molecule has 8 heteroatoms. The van der Waals surface area contributed by atoms with Crippen molar-refractivity contribution in [3.63, 3.8) is 0 Å². The molecule has 0 aromatic rings. The Hall–Kier alpha value is -1.83. The Morgan fingerprint density at radius 2 is 1.85 bits per heavy atom. The van der Waals surface area contributed by atoms with Crippen molar-refractivity contribution in [2.45, 2.75) is 39.7 Å². The summed E-state index contributed by atoms with van der Waals surface area (Å²) in [5, 5.41) is 9.40. The summed E-state index contributed by atoms with van der Waals surface area (Å²) in [4.78, 5) is 32.2. The first-order valence-corrected chi connectivity index (χ1v) is 9.39. The van der Waals surface area contributed by atoms with Crippen molar-refractivity contribution >= 4 is 17.8 Å². The van der Waals surface area contributed by atoms with Crippen molar-refractivity contribution < 1.29 is 9.59 Å². The van der Waals surface area contributed by atoms with E-state index in [-0.39, 0.29) is 11.8 Å². The summed E-state index contributed by atoms with van der Waals surface area (Å²) in [6.45, 7) is 9.24. The van der Waals surface area contributed by atoms with Crippen molar-refractivity contribution in [1.82, 2.24) is 25.8 Å². The standard InChI is InChI=1S/C18H36N6O2/c1-7-20-17(21-13-18(2,3)16(26)19-4)22-14-8-10-24(11-9-14)12-15(25)23(5)6/h14H,7-13H2,1-6H3,(H,19,26)(H2,20,21,22). The van der Waals surface area contributed by atoms with Gasteiger partial charge in [-0.3, -0.25) is 19.5 Å². The molecule has 3 N–H and O–H groups in total. The van der Waals surface area contributed by atoms with Crippen LogP contribution in [0.1, 0.15) is 33.6 Å². The topological polar surface area (TPSA) is 89.1 Å². The van der Waals surface area contributed by atoms with E-state index >= 15 is 0 Å². The largest absolute Gasteiger partial charge is 0.359 e.